The number of rotatable bonds is 4. The molecule has 5 nitrogen and oxygen atoms in total. The normalized spacial score (nSPS) is 12.0. The second-order valence-corrected chi connectivity index (χ2v) is 5.15. The molecule has 1 heterocycles. The Bertz CT molecular complexity index is 867. The van der Waals surface area contributed by atoms with E-state index in [1.54, 1.807) is 43.3 Å². The summed E-state index contributed by atoms with van der Waals surface area (Å²) in [4.78, 5) is 24.0. The summed E-state index contributed by atoms with van der Waals surface area (Å²) in [5, 5.41) is 0.829. The lowest BCUT2D eigenvalue weighted by Crippen LogP contribution is -2.26. The van der Waals surface area contributed by atoms with Crippen molar-refractivity contribution in [2.45, 2.75) is 13.0 Å². The fourth-order valence-electron chi connectivity index (χ4n) is 2.45. The van der Waals surface area contributed by atoms with Gasteiger partial charge >= 0.3 is 5.97 Å². The van der Waals surface area contributed by atoms with Gasteiger partial charge in [-0.15, -0.1) is 0 Å². The second kappa shape index (κ2) is 5.96. The Morgan fingerprint density at radius 3 is 2.35 bits per heavy atom. The van der Waals surface area contributed by atoms with Crippen LogP contribution >= 0.6 is 0 Å². The number of esters is 1. The first-order chi connectivity index (χ1) is 11.1. The van der Waals surface area contributed by atoms with Gasteiger partial charge in [0.05, 0.1) is 0 Å². The fourth-order valence-corrected chi connectivity index (χ4v) is 2.45. The van der Waals surface area contributed by atoms with Crippen LogP contribution in [0.2, 0.25) is 0 Å². The molecule has 3 aromatic rings. The minimum atomic E-state index is -1.16. The van der Waals surface area contributed by atoms with Crippen LogP contribution in [-0.4, -0.2) is 11.9 Å². The molecule has 0 aliphatic carbocycles. The van der Waals surface area contributed by atoms with Crippen molar-refractivity contribution in [2.24, 2.45) is 5.73 Å². The molecule has 0 saturated carbocycles. The van der Waals surface area contributed by atoms with Crippen molar-refractivity contribution in [3.63, 3.8) is 0 Å². The van der Waals surface area contributed by atoms with Crippen LogP contribution in [0.1, 0.15) is 27.8 Å². The van der Waals surface area contributed by atoms with Gasteiger partial charge in [0, 0.05) is 16.5 Å². The average Bonchev–Trinajstić information content (AvgIpc) is 2.90. The third-order valence-electron chi connectivity index (χ3n) is 3.61. The Morgan fingerprint density at radius 1 is 1.04 bits per heavy atom. The molecular formula is C18H15NO4. The minimum absolute atomic E-state index is 0.0772. The minimum Gasteiger partial charge on any atom is -0.449 e. The van der Waals surface area contributed by atoms with E-state index in [0.717, 1.165) is 5.39 Å². The molecule has 1 amide bonds. The number of aryl methyl sites for hydroxylation is 1. The number of carbonyl (C=O) groups excluding carboxylic acids is 2. The number of hydrogen-bond donors (Lipinski definition) is 1. The summed E-state index contributed by atoms with van der Waals surface area (Å²) in [7, 11) is 0. The topological polar surface area (TPSA) is 82.5 Å². The molecule has 0 radical (unpaired) electrons. The van der Waals surface area contributed by atoms with Crippen LogP contribution in [0, 0.1) is 6.92 Å². The molecule has 0 aliphatic heterocycles. The number of amides is 1. The predicted octanol–water partition coefficient (Wildman–Crippen LogP) is 3.12. The fraction of sp³-hybridized carbons (Fsp3) is 0.111. The first kappa shape index (κ1) is 14.8. The number of carbonyl (C=O) groups is 2. The first-order valence-corrected chi connectivity index (χ1v) is 7.11. The monoisotopic (exact) mass is 309 g/mol. The molecule has 1 aromatic heterocycles. The van der Waals surface area contributed by atoms with E-state index in [0.29, 0.717) is 16.7 Å². The first-order valence-electron chi connectivity index (χ1n) is 7.11. The van der Waals surface area contributed by atoms with E-state index in [9.17, 15) is 9.59 Å². The van der Waals surface area contributed by atoms with Crippen molar-refractivity contribution in [3.8, 4) is 0 Å². The third-order valence-corrected chi connectivity index (χ3v) is 3.61. The zero-order valence-electron chi connectivity index (χ0n) is 12.5. The molecule has 5 heteroatoms. The van der Waals surface area contributed by atoms with Gasteiger partial charge in [-0.05, 0) is 13.0 Å². The maximum atomic E-state index is 12.4. The highest BCUT2D eigenvalue weighted by molar-refractivity contribution is 5.97. The second-order valence-electron chi connectivity index (χ2n) is 5.15. The lowest BCUT2D eigenvalue weighted by atomic mass is 10.1. The highest BCUT2D eigenvalue weighted by Crippen LogP contribution is 2.27. The summed E-state index contributed by atoms with van der Waals surface area (Å²) in [6.07, 6.45) is -1.16. The van der Waals surface area contributed by atoms with Gasteiger partial charge in [0.15, 0.2) is 0 Å². The zero-order valence-corrected chi connectivity index (χ0v) is 12.5. The van der Waals surface area contributed by atoms with Gasteiger partial charge in [0.25, 0.3) is 5.91 Å². The number of fused-ring (bicyclic) bond motifs is 1. The summed E-state index contributed by atoms with van der Waals surface area (Å²) < 4.78 is 10.8. The van der Waals surface area contributed by atoms with Gasteiger partial charge in [-0.25, -0.2) is 4.79 Å². The molecule has 23 heavy (non-hydrogen) atoms. The summed E-state index contributed by atoms with van der Waals surface area (Å²) in [6, 6.07) is 15.9. The summed E-state index contributed by atoms with van der Waals surface area (Å²) in [6.45, 7) is 1.77. The standard InChI is InChI=1S/C18H15NO4/c1-11-13-9-5-6-10-14(13)22-15(11)18(21)23-16(17(19)20)12-7-3-2-4-8-12/h2-10,16H,1H3,(H2,19,20)/t16-/m0/s1. The Morgan fingerprint density at radius 2 is 1.70 bits per heavy atom. The van der Waals surface area contributed by atoms with E-state index in [1.165, 1.54) is 0 Å². The van der Waals surface area contributed by atoms with E-state index in [-0.39, 0.29) is 5.76 Å². The summed E-state index contributed by atoms with van der Waals surface area (Å²) in [5.74, 6) is -1.38. The molecule has 0 aliphatic rings. The van der Waals surface area contributed by atoms with Gasteiger partial charge in [0.1, 0.15) is 5.58 Å². The van der Waals surface area contributed by atoms with E-state index < -0.39 is 18.0 Å². The number of nitrogens with two attached hydrogens (primary N) is 1. The molecule has 0 saturated heterocycles. The molecular weight excluding hydrogens is 294 g/mol. The van der Waals surface area contributed by atoms with E-state index in [1.807, 2.05) is 18.2 Å². The van der Waals surface area contributed by atoms with Gasteiger partial charge in [-0.2, -0.15) is 0 Å². The highest BCUT2D eigenvalue weighted by atomic mass is 16.6. The van der Waals surface area contributed by atoms with Crippen molar-refractivity contribution in [3.05, 3.63) is 71.5 Å². The quantitative estimate of drug-likeness (QED) is 0.751. The number of furan rings is 1. The molecule has 116 valence electrons. The molecule has 0 fully saturated rings. The number of primary amides is 1. The van der Waals surface area contributed by atoms with Crippen LogP contribution in [-0.2, 0) is 9.53 Å². The van der Waals surface area contributed by atoms with Crippen molar-refractivity contribution >= 4 is 22.8 Å². The summed E-state index contributed by atoms with van der Waals surface area (Å²) >= 11 is 0. The third kappa shape index (κ3) is 2.81. The van der Waals surface area contributed by atoms with Crippen LogP contribution in [0.15, 0.2) is 59.0 Å². The molecule has 0 bridgehead atoms. The van der Waals surface area contributed by atoms with Gasteiger partial charge in [-0.1, -0.05) is 48.5 Å². The van der Waals surface area contributed by atoms with Crippen molar-refractivity contribution in [1.82, 2.24) is 0 Å². The maximum absolute atomic E-state index is 12.4. The van der Waals surface area contributed by atoms with Crippen LogP contribution in [0.25, 0.3) is 11.0 Å². The SMILES string of the molecule is Cc1c(C(=O)O[C@H](C(N)=O)c2ccccc2)oc2ccccc12. The molecule has 0 spiro atoms. The lowest BCUT2D eigenvalue weighted by Gasteiger charge is -2.14. The number of ether oxygens (including phenoxy) is 1. The summed E-state index contributed by atoms with van der Waals surface area (Å²) in [5.41, 5.74) is 7.14. The Labute approximate surface area is 132 Å². The molecule has 2 N–H and O–H groups in total. The van der Waals surface area contributed by atoms with Crippen LogP contribution in [0.4, 0.5) is 0 Å². The van der Waals surface area contributed by atoms with Crippen molar-refractivity contribution in [1.29, 1.82) is 0 Å². The van der Waals surface area contributed by atoms with Gasteiger partial charge < -0.3 is 14.9 Å². The largest absolute Gasteiger partial charge is 0.449 e. The maximum Gasteiger partial charge on any atom is 0.375 e. The number of benzene rings is 2. The molecule has 3 rings (SSSR count). The van der Waals surface area contributed by atoms with Gasteiger partial charge in [0.2, 0.25) is 11.9 Å². The molecule has 1 atom stereocenters. The van der Waals surface area contributed by atoms with E-state index in [2.05, 4.69) is 0 Å². The lowest BCUT2D eigenvalue weighted by molar-refractivity contribution is -0.127. The Balaban J connectivity index is 1.92. The van der Waals surface area contributed by atoms with E-state index in [4.69, 9.17) is 14.9 Å². The number of para-hydroxylation sites is 1. The predicted molar refractivity (Wildman–Crippen MR) is 84.7 cm³/mol. The molecule has 0 unspecified atom stereocenters. The van der Waals surface area contributed by atoms with Crippen molar-refractivity contribution in [2.75, 3.05) is 0 Å². The van der Waals surface area contributed by atoms with Crippen LogP contribution in [0.3, 0.4) is 0 Å². The van der Waals surface area contributed by atoms with Crippen LogP contribution in [0.5, 0.6) is 0 Å². The van der Waals surface area contributed by atoms with Gasteiger partial charge in [-0.3, -0.25) is 4.79 Å². The Hall–Kier alpha value is -3.08. The zero-order chi connectivity index (χ0) is 16.4. The Kier molecular flexibility index (Phi) is 3.85. The number of hydrogen-bond acceptors (Lipinski definition) is 4. The van der Waals surface area contributed by atoms with E-state index >= 15 is 0 Å². The highest BCUT2D eigenvalue weighted by Gasteiger charge is 2.26. The van der Waals surface area contributed by atoms with Crippen molar-refractivity contribution < 1.29 is 18.7 Å². The average molecular weight is 309 g/mol. The smallest absolute Gasteiger partial charge is 0.375 e. The van der Waals surface area contributed by atoms with Crippen LogP contribution < -0.4 is 5.73 Å². The molecule has 2 aromatic carbocycles.